The zero-order valence-electron chi connectivity index (χ0n) is 11.4. The molecule has 0 atom stereocenters. The van der Waals surface area contributed by atoms with E-state index in [1.165, 1.54) is 63.7 Å². The van der Waals surface area contributed by atoms with Gasteiger partial charge < -0.3 is 10.2 Å². The van der Waals surface area contributed by atoms with Gasteiger partial charge in [-0.2, -0.15) is 5.10 Å². The van der Waals surface area contributed by atoms with Crippen LogP contribution in [0, 0.1) is 5.41 Å². The predicted molar refractivity (Wildman–Crippen MR) is 76.4 cm³/mol. The van der Waals surface area contributed by atoms with Crippen molar-refractivity contribution in [2.75, 3.05) is 23.3 Å². The van der Waals surface area contributed by atoms with Crippen molar-refractivity contribution < 1.29 is 0 Å². The smallest absolute Gasteiger partial charge is 0.150 e. The summed E-state index contributed by atoms with van der Waals surface area (Å²) in [5.41, 5.74) is 1.92. The number of hydrogen-bond donors (Lipinski definition) is 1. The van der Waals surface area contributed by atoms with Crippen LogP contribution in [0.15, 0.2) is 12.3 Å². The molecule has 2 heterocycles. The molecule has 0 radical (unpaired) electrons. The molecular weight excluding hydrogens is 236 g/mol. The van der Waals surface area contributed by atoms with E-state index in [-0.39, 0.29) is 0 Å². The molecule has 102 valence electrons. The summed E-state index contributed by atoms with van der Waals surface area (Å²) in [5.74, 6) is 0.959. The van der Waals surface area contributed by atoms with Gasteiger partial charge in [-0.15, -0.1) is 5.10 Å². The van der Waals surface area contributed by atoms with E-state index in [9.17, 15) is 0 Å². The third kappa shape index (κ3) is 2.28. The summed E-state index contributed by atoms with van der Waals surface area (Å²) in [4.78, 5) is 2.49. The molecule has 19 heavy (non-hydrogen) atoms. The average Bonchev–Trinajstić information content (AvgIpc) is 2.84. The summed E-state index contributed by atoms with van der Waals surface area (Å²) in [7, 11) is 0. The van der Waals surface area contributed by atoms with Crippen molar-refractivity contribution in [3.05, 3.63) is 12.3 Å². The molecule has 1 aliphatic heterocycles. The van der Waals surface area contributed by atoms with Gasteiger partial charge in [0.1, 0.15) is 0 Å². The van der Waals surface area contributed by atoms with E-state index in [1.54, 1.807) is 0 Å². The Hall–Kier alpha value is -1.32. The third-order valence-corrected chi connectivity index (χ3v) is 5.11. The fourth-order valence-corrected chi connectivity index (χ4v) is 3.62. The number of aromatic nitrogens is 2. The fraction of sp³-hybridized carbons (Fsp3) is 0.733. The fourth-order valence-electron chi connectivity index (χ4n) is 3.62. The van der Waals surface area contributed by atoms with Crippen LogP contribution in [0.1, 0.15) is 44.9 Å². The van der Waals surface area contributed by atoms with Gasteiger partial charge in [-0.3, -0.25) is 0 Å². The van der Waals surface area contributed by atoms with E-state index in [1.807, 2.05) is 6.20 Å². The molecule has 3 fully saturated rings. The van der Waals surface area contributed by atoms with Gasteiger partial charge in [0.15, 0.2) is 5.82 Å². The first kappa shape index (κ1) is 11.5. The van der Waals surface area contributed by atoms with Crippen LogP contribution in [-0.4, -0.2) is 29.3 Å². The number of nitrogens with zero attached hydrogens (tertiary/aromatic N) is 3. The Bertz CT molecular complexity index is 463. The van der Waals surface area contributed by atoms with Crippen molar-refractivity contribution >= 4 is 11.5 Å². The van der Waals surface area contributed by atoms with Crippen LogP contribution < -0.4 is 10.2 Å². The van der Waals surface area contributed by atoms with Crippen LogP contribution in [0.2, 0.25) is 0 Å². The molecule has 1 N–H and O–H groups in total. The first-order valence-corrected chi connectivity index (χ1v) is 7.67. The van der Waals surface area contributed by atoms with Crippen LogP contribution in [0.4, 0.5) is 11.5 Å². The standard InChI is InChI=1S/C15H22N4/c1-2-4-12(3-1)17-14-9-13(10-16-18-14)19-8-7-15(11-19)5-6-15/h9-10,12H,1-8,11H2,(H,17,18). The SMILES string of the molecule is c1nnc(NC2CCCC2)cc1N1CCC2(CC2)C1. The van der Waals surface area contributed by atoms with Crippen molar-refractivity contribution in [3.8, 4) is 0 Å². The number of hydrogen-bond acceptors (Lipinski definition) is 4. The zero-order chi connectivity index (χ0) is 12.7. The second kappa shape index (κ2) is 4.36. The molecule has 1 spiro atoms. The summed E-state index contributed by atoms with van der Waals surface area (Å²) in [6.45, 7) is 2.41. The van der Waals surface area contributed by atoms with Crippen molar-refractivity contribution in [1.29, 1.82) is 0 Å². The summed E-state index contributed by atoms with van der Waals surface area (Å²) in [5, 5.41) is 12.0. The molecule has 0 unspecified atom stereocenters. The molecule has 0 amide bonds. The van der Waals surface area contributed by atoms with E-state index in [0.717, 1.165) is 5.82 Å². The summed E-state index contributed by atoms with van der Waals surface area (Å²) in [6, 6.07) is 2.80. The number of anilines is 2. The quantitative estimate of drug-likeness (QED) is 0.905. The van der Waals surface area contributed by atoms with Gasteiger partial charge >= 0.3 is 0 Å². The second-order valence-electron chi connectivity index (χ2n) is 6.60. The summed E-state index contributed by atoms with van der Waals surface area (Å²) in [6.07, 6.45) is 11.4. The minimum atomic E-state index is 0.609. The predicted octanol–water partition coefficient (Wildman–Crippen LogP) is 2.82. The van der Waals surface area contributed by atoms with Crippen LogP contribution in [0.3, 0.4) is 0 Å². The zero-order valence-corrected chi connectivity index (χ0v) is 11.4. The maximum atomic E-state index is 4.24. The molecule has 4 heteroatoms. The van der Waals surface area contributed by atoms with E-state index in [2.05, 4.69) is 26.5 Å². The van der Waals surface area contributed by atoms with Gasteiger partial charge in [0.25, 0.3) is 0 Å². The molecule has 4 nitrogen and oxygen atoms in total. The Balaban J connectivity index is 1.47. The molecule has 1 aromatic heterocycles. The van der Waals surface area contributed by atoms with Gasteiger partial charge in [-0.25, -0.2) is 0 Å². The monoisotopic (exact) mass is 258 g/mol. The lowest BCUT2D eigenvalue weighted by atomic mass is 10.1. The van der Waals surface area contributed by atoms with Crippen LogP contribution in [0.5, 0.6) is 0 Å². The third-order valence-electron chi connectivity index (χ3n) is 5.11. The highest BCUT2D eigenvalue weighted by molar-refractivity contribution is 5.53. The molecule has 2 saturated carbocycles. The first-order chi connectivity index (χ1) is 9.33. The molecule has 1 aromatic rings. The maximum Gasteiger partial charge on any atom is 0.150 e. The summed E-state index contributed by atoms with van der Waals surface area (Å²) < 4.78 is 0. The van der Waals surface area contributed by atoms with Crippen molar-refractivity contribution in [2.24, 2.45) is 5.41 Å². The lowest BCUT2D eigenvalue weighted by molar-refractivity contribution is 0.581. The molecule has 0 bridgehead atoms. The van der Waals surface area contributed by atoms with Gasteiger partial charge in [-0.05, 0) is 37.5 Å². The van der Waals surface area contributed by atoms with E-state index in [0.29, 0.717) is 11.5 Å². The van der Waals surface area contributed by atoms with E-state index in [4.69, 9.17) is 0 Å². The van der Waals surface area contributed by atoms with Gasteiger partial charge in [0.05, 0.1) is 11.9 Å². The summed E-state index contributed by atoms with van der Waals surface area (Å²) >= 11 is 0. The molecule has 3 aliphatic rings. The Morgan fingerprint density at radius 2 is 2.05 bits per heavy atom. The molecule has 1 saturated heterocycles. The van der Waals surface area contributed by atoms with Crippen LogP contribution in [0.25, 0.3) is 0 Å². The highest BCUT2D eigenvalue weighted by Gasteiger charge is 2.47. The normalized spacial score (nSPS) is 25.2. The Morgan fingerprint density at radius 3 is 2.79 bits per heavy atom. The largest absolute Gasteiger partial charge is 0.370 e. The lowest BCUT2D eigenvalue weighted by Crippen LogP contribution is -2.21. The highest BCUT2D eigenvalue weighted by Crippen LogP contribution is 2.53. The molecule has 2 aliphatic carbocycles. The minimum Gasteiger partial charge on any atom is -0.370 e. The Kier molecular flexibility index (Phi) is 2.64. The average molecular weight is 258 g/mol. The topological polar surface area (TPSA) is 41.1 Å². The number of nitrogens with one attached hydrogen (secondary N) is 1. The Labute approximate surface area is 114 Å². The van der Waals surface area contributed by atoms with Gasteiger partial charge in [0, 0.05) is 25.2 Å². The van der Waals surface area contributed by atoms with Crippen LogP contribution >= 0.6 is 0 Å². The lowest BCUT2D eigenvalue weighted by Gasteiger charge is -2.19. The van der Waals surface area contributed by atoms with Crippen LogP contribution in [-0.2, 0) is 0 Å². The van der Waals surface area contributed by atoms with Gasteiger partial charge in [0.2, 0.25) is 0 Å². The van der Waals surface area contributed by atoms with E-state index < -0.39 is 0 Å². The Morgan fingerprint density at radius 1 is 1.21 bits per heavy atom. The van der Waals surface area contributed by atoms with Crippen molar-refractivity contribution in [2.45, 2.75) is 51.0 Å². The molecule has 4 rings (SSSR count). The first-order valence-electron chi connectivity index (χ1n) is 7.67. The van der Waals surface area contributed by atoms with Gasteiger partial charge in [-0.1, -0.05) is 12.8 Å². The molecule has 0 aromatic carbocycles. The van der Waals surface area contributed by atoms with Crippen molar-refractivity contribution in [1.82, 2.24) is 10.2 Å². The maximum absolute atomic E-state index is 4.24. The second-order valence-corrected chi connectivity index (χ2v) is 6.60. The van der Waals surface area contributed by atoms with E-state index >= 15 is 0 Å². The molecular formula is C15H22N4. The van der Waals surface area contributed by atoms with Crippen molar-refractivity contribution in [3.63, 3.8) is 0 Å². The number of rotatable bonds is 3. The minimum absolute atomic E-state index is 0.609. The highest BCUT2D eigenvalue weighted by atomic mass is 15.2.